The molecule has 4 rings (SSSR count). The molecule has 0 aromatic heterocycles. The van der Waals surface area contributed by atoms with Crippen LogP contribution in [0.25, 0.3) is 0 Å². The molecule has 1 unspecified atom stereocenters. The average Bonchev–Trinajstić information content (AvgIpc) is 3.05. The van der Waals surface area contributed by atoms with Crippen LogP contribution in [-0.4, -0.2) is 59.0 Å². The number of nitrogens with one attached hydrogen (secondary N) is 1. The van der Waals surface area contributed by atoms with Crippen LogP contribution in [0, 0.1) is 5.82 Å². The number of anilines is 1. The van der Waals surface area contributed by atoms with Gasteiger partial charge in [-0.25, -0.2) is 12.8 Å². The molecule has 1 N–H and O–H groups in total. The Kier molecular flexibility index (Phi) is 11.2. The van der Waals surface area contributed by atoms with Crippen molar-refractivity contribution < 1.29 is 31.9 Å². The number of hydrogen-bond acceptors (Lipinski definition) is 6. The zero-order valence-electron chi connectivity index (χ0n) is 24.9. The fourth-order valence-electron chi connectivity index (χ4n) is 4.79. The van der Waals surface area contributed by atoms with E-state index in [1.807, 2.05) is 48.5 Å². The van der Waals surface area contributed by atoms with Gasteiger partial charge in [0.15, 0.2) is 11.5 Å². The number of ether oxygens (including phenoxy) is 2. The van der Waals surface area contributed by atoms with E-state index in [1.165, 1.54) is 56.5 Å². The van der Waals surface area contributed by atoms with E-state index >= 15 is 0 Å². The van der Waals surface area contributed by atoms with Crippen LogP contribution >= 0.6 is 15.9 Å². The fourth-order valence-corrected chi connectivity index (χ4v) is 6.67. The maximum Gasteiger partial charge on any atom is 0.264 e. The van der Waals surface area contributed by atoms with Crippen LogP contribution in [0.15, 0.2) is 106 Å². The number of hydrogen-bond donors (Lipinski definition) is 1. The van der Waals surface area contributed by atoms with Gasteiger partial charge >= 0.3 is 0 Å². The van der Waals surface area contributed by atoms with Crippen LogP contribution in [0.5, 0.6) is 11.5 Å². The Morgan fingerprint density at radius 2 is 1.53 bits per heavy atom. The minimum absolute atomic E-state index is 0.0108. The fraction of sp³-hybridized carbons (Fsp3) is 0.212. The lowest BCUT2D eigenvalue weighted by Crippen LogP contribution is -2.53. The monoisotopic (exact) mass is 697 g/mol. The van der Waals surface area contributed by atoms with Gasteiger partial charge in [0, 0.05) is 30.6 Å². The summed E-state index contributed by atoms with van der Waals surface area (Å²) < 4.78 is 54.5. The van der Waals surface area contributed by atoms with E-state index in [0.717, 1.165) is 32.0 Å². The Balaban J connectivity index is 1.81. The Labute approximate surface area is 270 Å². The molecule has 0 fully saturated rings. The summed E-state index contributed by atoms with van der Waals surface area (Å²) in [6.07, 6.45) is 0.180. The Hall–Kier alpha value is -4.42. The van der Waals surface area contributed by atoms with E-state index < -0.39 is 40.2 Å². The molecule has 236 valence electrons. The second kappa shape index (κ2) is 15.0. The first-order valence-corrected chi connectivity index (χ1v) is 16.1. The molecule has 0 aliphatic rings. The summed E-state index contributed by atoms with van der Waals surface area (Å²) in [6, 6.07) is 24.4. The zero-order valence-corrected chi connectivity index (χ0v) is 27.3. The van der Waals surface area contributed by atoms with E-state index in [9.17, 15) is 22.4 Å². The Morgan fingerprint density at radius 3 is 2.16 bits per heavy atom. The van der Waals surface area contributed by atoms with Crippen LogP contribution in [0.3, 0.4) is 0 Å². The van der Waals surface area contributed by atoms with Crippen molar-refractivity contribution in [1.82, 2.24) is 10.2 Å². The topological polar surface area (TPSA) is 105 Å². The van der Waals surface area contributed by atoms with Gasteiger partial charge in [-0.15, -0.1) is 0 Å². The van der Waals surface area contributed by atoms with Gasteiger partial charge in [0.2, 0.25) is 11.8 Å². The molecule has 0 aliphatic heterocycles. The molecular formula is C33H33BrFN3O6S. The lowest BCUT2D eigenvalue weighted by molar-refractivity contribution is -0.139. The first-order chi connectivity index (χ1) is 21.6. The Morgan fingerprint density at radius 1 is 0.867 bits per heavy atom. The number of carbonyl (C=O) groups is 2. The van der Waals surface area contributed by atoms with Crippen molar-refractivity contribution >= 4 is 43.5 Å². The van der Waals surface area contributed by atoms with Crippen molar-refractivity contribution in [3.05, 3.63) is 118 Å². The summed E-state index contributed by atoms with van der Waals surface area (Å²) in [7, 11) is -0.142. The first kappa shape index (κ1) is 33.5. The number of rotatable bonds is 13. The van der Waals surface area contributed by atoms with E-state index in [0.29, 0.717) is 5.75 Å². The standard InChI is InChI=1S/C33H33BrFN3O6S/c1-36-33(40)29(19-23-8-5-4-6-9-23)37(21-24-10-7-11-25(34)18-24)32(39)22-38(27-14-12-26(35)13-15-27)45(41,42)28-16-17-30(43-2)31(20-28)44-3/h4-18,20,29H,19,21-22H2,1-3H3,(H,36,40). The maximum atomic E-state index is 14.3. The summed E-state index contributed by atoms with van der Waals surface area (Å²) in [5.41, 5.74) is 1.59. The molecule has 0 spiro atoms. The highest BCUT2D eigenvalue weighted by atomic mass is 79.9. The quantitative estimate of drug-likeness (QED) is 0.206. The molecule has 1 atom stereocenters. The highest BCUT2D eigenvalue weighted by molar-refractivity contribution is 9.10. The van der Waals surface area contributed by atoms with Crippen LogP contribution in [-0.2, 0) is 32.6 Å². The van der Waals surface area contributed by atoms with Crippen molar-refractivity contribution in [1.29, 1.82) is 0 Å². The molecule has 0 aliphatic carbocycles. The van der Waals surface area contributed by atoms with Crippen molar-refractivity contribution in [2.75, 3.05) is 32.1 Å². The van der Waals surface area contributed by atoms with E-state index in [4.69, 9.17) is 9.47 Å². The van der Waals surface area contributed by atoms with Gasteiger partial charge in [-0.1, -0.05) is 58.4 Å². The van der Waals surface area contributed by atoms with Gasteiger partial charge in [0.25, 0.3) is 10.0 Å². The van der Waals surface area contributed by atoms with Crippen molar-refractivity contribution in [2.45, 2.75) is 23.9 Å². The second-order valence-corrected chi connectivity index (χ2v) is 12.8. The molecule has 4 aromatic rings. The molecule has 2 amide bonds. The highest BCUT2D eigenvalue weighted by Crippen LogP contribution is 2.32. The molecule has 0 radical (unpaired) electrons. The normalized spacial score (nSPS) is 11.8. The van der Waals surface area contributed by atoms with Gasteiger partial charge < -0.3 is 19.7 Å². The minimum Gasteiger partial charge on any atom is -0.493 e. The van der Waals surface area contributed by atoms with Gasteiger partial charge in [0.05, 0.1) is 24.8 Å². The largest absolute Gasteiger partial charge is 0.493 e. The van der Waals surface area contributed by atoms with E-state index in [2.05, 4.69) is 21.2 Å². The zero-order chi connectivity index (χ0) is 32.6. The number of methoxy groups -OCH3 is 2. The van der Waals surface area contributed by atoms with Gasteiger partial charge in [-0.2, -0.15) is 0 Å². The smallest absolute Gasteiger partial charge is 0.264 e. The first-order valence-electron chi connectivity index (χ1n) is 13.9. The summed E-state index contributed by atoms with van der Waals surface area (Å²) in [6.45, 7) is -0.671. The lowest BCUT2D eigenvalue weighted by Gasteiger charge is -2.33. The lowest BCUT2D eigenvalue weighted by atomic mass is 10.0. The molecule has 4 aromatic carbocycles. The van der Waals surface area contributed by atoms with E-state index in [-0.39, 0.29) is 29.3 Å². The van der Waals surface area contributed by atoms with Crippen molar-refractivity contribution in [3.63, 3.8) is 0 Å². The summed E-state index contributed by atoms with van der Waals surface area (Å²) >= 11 is 3.45. The van der Waals surface area contributed by atoms with Crippen LogP contribution < -0.4 is 19.1 Å². The number of sulfonamides is 1. The predicted octanol–water partition coefficient (Wildman–Crippen LogP) is 5.19. The number of nitrogens with zero attached hydrogens (tertiary/aromatic N) is 2. The SMILES string of the molecule is CNC(=O)C(Cc1ccccc1)N(Cc1cccc(Br)c1)C(=O)CN(c1ccc(F)cc1)S(=O)(=O)c1ccc(OC)c(OC)c1. The molecule has 0 bridgehead atoms. The minimum atomic E-state index is -4.42. The number of amides is 2. The van der Waals surface area contributed by atoms with Crippen molar-refractivity contribution in [3.8, 4) is 11.5 Å². The maximum absolute atomic E-state index is 14.3. The average molecular weight is 699 g/mol. The molecule has 0 saturated heterocycles. The third kappa shape index (κ3) is 8.20. The molecule has 0 heterocycles. The summed E-state index contributed by atoms with van der Waals surface area (Å²) in [5.74, 6) is -1.16. The molecule has 45 heavy (non-hydrogen) atoms. The summed E-state index contributed by atoms with van der Waals surface area (Å²) in [4.78, 5) is 28.9. The number of carbonyl (C=O) groups excluding carboxylic acids is 2. The predicted molar refractivity (Wildman–Crippen MR) is 173 cm³/mol. The number of halogens is 2. The molecule has 12 heteroatoms. The number of likely N-dealkylation sites (N-methyl/N-ethyl adjacent to an activating group) is 1. The van der Waals surface area contributed by atoms with E-state index in [1.54, 1.807) is 6.07 Å². The molecular weight excluding hydrogens is 665 g/mol. The van der Waals surface area contributed by atoms with Crippen molar-refractivity contribution in [2.24, 2.45) is 0 Å². The number of benzene rings is 4. The molecule has 9 nitrogen and oxygen atoms in total. The highest BCUT2D eigenvalue weighted by Gasteiger charge is 2.34. The summed E-state index contributed by atoms with van der Waals surface area (Å²) in [5, 5.41) is 2.65. The van der Waals surface area contributed by atoms with Gasteiger partial charge in [-0.3, -0.25) is 13.9 Å². The second-order valence-electron chi connectivity index (χ2n) is 9.98. The van der Waals surface area contributed by atoms with Crippen LogP contribution in [0.4, 0.5) is 10.1 Å². The third-order valence-electron chi connectivity index (χ3n) is 7.10. The Bertz CT molecular complexity index is 1740. The van der Waals surface area contributed by atoms with Crippen LogP contribution in [0.1, 0.15) is 11.1 Å². The van der Waals surface area contributed by atoms with Gasteiger partial charge in [0.1, 0.15) is 18.4 Å². The van der Waals surface area contributed by atoms with Gasteiger partial charge in [-0.05, 0) is 59.7 Å². The third-order valence-corrected chi connectivity index (χ3v) is 9.36. The van der Waals surface area contributed by atoms with Crippen LogP contribution in [0.2, 0.25) is 0 Å². The molecule has 0 saturated carbocycles.